The molecule has 0 atom stereocenters. The normalized spacial score (nSPS) is 20.0. The van der Waals surface area contributed by atoms with Crippen LogP contribution in [0.15, 0.2) is 42.5 Å². The van der Waals surface area contributed by atoms with Crippen LogP contribution >= 0.6 is 0 Å². The third kappa shape index (κ3) is 5.14. The number of likely N-dealkylation sites (tertiary alicyclic amines) is 1. The number of ether oxygens (including phenoxy) is 3. The van der Waals surface area contributed by atoms with E-state index in [2.05, 4.69) is 28.4 Å². The molecule has 0 unspecified atom stereocenters. The van der Waals surface area contributed by atoms with Gasteiger partial charge in [0.25, 0.3) is 5.91 Å². The van der Waals surface area contributed by atoms with Gasteiger partial charge in [-0.2, -0.15) is 0 Å². The van der Waals surface area contributed by atoms with Gasteiger partial charge in [0.05, 0.1) is 19.3 Å². The zero-order chi connectivity index (χ0) is 23.5. The highest BCUT2D eigenvalue weighted by Gasteiger charge is 2.42. The van der Waals surface area contributed by atoms with E-state index in [9.17, 15) is 4.79 Å². The van der Waals surface area contributed by atoms with Crippen molar-refractivity contribution in [3.8, 4) is 16.9 Å². The maximum atomic E-state index is 12.4. The predicted molar refractivity (Wildman–Crippen MR) is 132 cm³/mol. The van der Waals surface area contributed by atoms with Crippen molar-refractivity contribution < 1.29 is 19.0 Å². The molecule has 2 fully saturated rings. The van der Waals surface area contributed by atoms with E-state index in [0.717, 1.165) is 54.4 Å². The van der Waals surface area contributed by atoms with Gasteiger partial charge in [0, 0.05) is 49.6 Å². The molecule has 3 aliphatic rings. The number of hydrogen-bond donors (Lipinski definition) is 1. The second-order valence-corrected chi connectivity index (χ2v) is 10.00. The van der Waals surface area contributed by atoms with E-state index in [1.54, 1.807) is 0 Å². The van der Waals surface area contributed by atoms with Gasteiger partial charge in [-0.05, 0) is 62.1 Å². The average Bonchev–Trinajstić information content (AvgIpc) is 2.82. The molecule has 1 saturated heterocycles. The highest BCUT2D eigenvalue weighted by molar-refractivity contribution is 5.94. The monoisotopic (exact) mass is 464 g/mol. The lowest BCUT2D eigenvalue weighted by Gasteiger charge is -2.47. The molecule has 6 heteroatoms. The summed E-state index contributed by atoms with van der Waals surface area (Å²) in [6.45, 7) is 7.68. The average molecular weight is 465 g/mol. The van der Waals surface area contributed by atoms with Crippen LogP contribution in [0.1, 0.15) is 61.9 Å². The van der Waals surface area contributed by atoms with Gasteiger partial charge in [0.15, 0.2) is 0 Å². The van der Waals surface area contributed by atoms with Crippen LogP contribution in [0.4, 0.5) is 0 Å². The molecule has 6 nitrogen and oxygen atoms in total. The minimum atomic E-state index is -0.468. The van der Waals surface area contributed by atoms with Crippen molar-refractivity contribution in [1.29, 1.82) is 0 Å². The van der Waals surface area contributed by atoms with Gasteiger partial charge >= 0.3 is 0 Å². The second kappa shape index (κ2) is 10.1. The molecule has 182 valence electrons. The molecule has 2 aromatic carbocycles. The maximum absolute atomic E-state index is 12.4. The molecule has 1 amide bonds. The third-order valence-electron chi connectivity index (χ3n) is 7.32. The van der Waals surface area contributed by atoms with Crippen LogP contribution in [-0.2, 0) is 16.1 Å². The van der Waals surface area contributed by atoms with E-state index in [1.165, 1.54) is 19.3 Å². The first-order valence-electron chi connectivity index (χ1n) is 12.7. The van der Waals surface area contributed by atoms with E-state index >= 15 is 0 Å². The van der Waals surface area contributed by atoms with Crippen LogP contribution in [0.25, 0.3) is 11.1 Å². The quantitative estimate of drug-likeness (QED) is 0.599. The number of fused-ring (bicyclic) bond motifs is 1. The van der Waals surface area contributed by atoms with Crippen LogP contribution in [-0.4, -0.2) is 55.0 Å². The molecule has 0 radical (unpaired) electrons. The van der Waals surface area contributed by atoms with E-state index < -0.39 is 5.79 Å². The first-order chi connectivity index (χ1) is 16.5. The zero-order valence-corrected chi connectivity index (χ0v) is 20.3. The Morgan fingerprint density at radius 3 is 2.53 bits per heavy atom. The molecule has 0 aromatic heterocycles. The third-order valence-corrected chi connectivity index (χ3v) is 7.32. The van der Waals surface area contributed by atoms with Crippen molar-refractivity contribution in [3.05, 3.63) is 53.6 Å². The highest BCUT2D eigenvalue weighted by Crippen LogP contribution is 2.40. The molecule has 34 heavy (non-hydrogen) atoms. The van der Waals surface area contributed by atoms with Crippen molar-refractivity contribution in [2.75, 3.05) is 26.2 Å². The fraction of sp³-hybridized carbons (Fsp3) is 0.536. The molecular formula is C28H36N2O4. The summed E-state index contributed by atoms with van der Waals surface area (Å²) in [6, 6.07) is 14.8. The summed E-state index contributed by atoms with van der Waals surface area (Å²) in [6.07, 6.45) is 6.09. The summed E-state index contributed by atoms with van der Waals surface area (Å²) in [7, 11) is 0. The fourth-order valence-corrected chi connectivity index (χ4v) is 5.01. The van der Waals surface area contributed by atoms with E-state index in [-0.39, 0.29) is 12.0 Å². The molecule has 2 aromatic rings. The Morgan fingerprint density at radius 1 is 1.12 bits per heavy atom. The predicted octanol–water partition coefficient (Wildman–Crippen LogP) is 4.76. The lowest BCUT2D eigenvalue weighted by Crippen LogP contribution is -2.54. The van der Waals surface area contributed by atoms with Gasteiger partial charge < -0.3 is 19.5 Å². The van der Waals surface area contributed by atoms with Crippen LogP contribution < -0.4 is 10.1 Å². The van der Waals surface area contributed by atoms with Gasteiger partial charge in [-0.15, -0.1) is 0 Å². The Kier molecular flexibility index (Phi) is 6.91. The Bertz CT molecular complexity index is 992. The van der Waals surface area contributed by atoms with E-state index in [1.807, 2.05) is 38.1 Å². The number of nitrogens with zero attached hydrogens (tertiary/aromatic N) is 1. The number of carbonyl (C=O) groups is 1. The zero-order valence-electron chi connectivity index (χ0n) is 20.3. The SMILES string of the molecule is CC(C)OCCNC(=O)c1ccc(-c2ccc3c(c2)COC2(CCN(C4CCC4)CC2)O3)cc1. The van der Waals surface area contributed by atoms with Gasteiger partial charge in [0.1, 0.15) is 5.75 Å². The lowest BCUT2D eigenvalue weighted by molar-refractivity contribution is -0.231. The number of amides is 1. The molecule has 0 bridgehead atoms. The van der Waals surface area contributed by atoms with Crippen molar-refractivity contribution in [2.45, 2.75) is 70.5 Å². The van der Waals surface area contributed by atoms with Crippen LogP contribution in [0.2, 0.25) is 0 Å². The number of benzene rings is 2. The smallest absolute Gasteiger partial charge is 0.251 e. The molecule has 2 aliphatic heterocycles. The van der Waals surface area contributed by atoms with Gasteiger partial charge in [0.2, 0.25) is 5.79 Å². The Labute approximate surface area is 202 Å². The van der Waals surface area contributed by atoms with Crippen molar-refractivity contribution >= 4 is 5.91 Å². The Morgan fingerprint density at radius 2 is 1.85 bits per heavy atom. The number of carbonyl (C=O) groups excluding carboxylic acids is 1. The minimum absolute atomic E-state index is 0.0835. The Balaban J connectivity index is 1.18. The van der Waals surface area contributed by atoms with Crippen LogP contribution in [0.5, 0.6) is 5.75 Å². The Hall–Kier alpha value is -2.41. The van der Waals surface area contributed by atoms with Gasteiger partial charge in [-0.1, -0.05) is 24.6 Å². The lowest BCUT2D eigenvalue weighted by atomic mass is 9.89. The molecular weight excluding hydrogens is 428 g/mol. The summed E-state index contributed by atoms with van der Waals surface area (Å²) >= 11 is 0. The topological polar surface area (TPSA) is 60.0 Å². The van der Waals surface area contributed by atoms with E-state index in [0.29, 0.717) is 25.3 Å². The van der Waals surface area contributed by atoms with Gasteiger partial charge in [-0.3, -0.25) is 9.69 Å². The molecule has 2 heterocycles. The largest absolute Gasteiger partial charge is 0.462 e. The minimum Gasteiger partial charge on any atom is -0.462 e. The summed E-state index contributed by atoms with van der Waals surface area (Å²) in [5.74, 6) is 0.385. The molecule has 5 rings (SSSR count). The summed E-state index contributed by atoms with van der Waals surface area (Å²) in [4.78, 5) is 15.0. The number of nitrogens with one attached hydrogen (secondary N) is 1. The maximum Gasteiger partial charge on any atom is 0.251 e. The summed E-state index contributed by atoms with van der Waals surface area (Å²) in [5, 5.41) is 2.90. The van der Waals surface area contributed by atoms with Crippen molar-refractivity contribution in [2.24, 2.45) is 0 Å². The number of hydrogen-bond acceptors (Lipinski definition) is 5. The fourth-order valence-electron chi connectivity index (χ4n) is 5.01. The first-order valence-corrected chi connectivity index (χ1v) is 12.7. The molecule has 1 aliphatic carbocycles. The summed E-state index contributed by atoms with van der Waals surface area (Å²) in [5.41, 5.74) is 3.89. The number of piperidine rings is 1. The molecule has 1 spiro atoms. The van der Waals surface area contributed by atoms with Crippen molar-refractivity contribution in [3.63, 3.8) is 0 Å². The standard InChI is InChI=1S/C28H36N2O4/c1-20(2)32-17-14-29-27(31)22-8-6-21(7-9-22)23-10-11-26-24(18-23)19-33-28(34-26)12-15-30(16-13-28)25-4-3-5-25/h6-11,18,20,25H,3-5,12-17,19H2,1-2H3,(H,29,31). The van der Waals surface area contributed by atoms with Gasteiger partial charge in [-0.25, -0.2) is 0 Å². The first kappa shape index (κ1) is 23.3. The van der Waals surface area contributed by atoms with E-state index in [4.69, 9.17) is 14.2 Å². The van der Waals surface area contributed by atoms with Crippen molar-refractivity contribution in [1.82, 2.24) is 10.2 Å². The second-order valence-electron chi connectivity index (χ2n) is 10.00. The highest BCUT2D eigenvalue weighted by atomic mass is 16.7. The van der Waals surface area contributed by atoms with Crippen LogP contribution in [0, 0.1) is 0 Å². The summed E-state index contributed by atoms with van der Waals surface area (Å²) < 4.78 is 18.2. The molecule has 1 N–H and O–H groups in total. The number of rotatable bonds is 7. The molecule has 1 saturated carbocycles. The van der Waals surface area contributed by atoms with Crippen LogP contribution in [0.3, 0.4) is 0 Å².